The van der Waals surface area contributed by atoms with Gasteiger partial charge in [-0.15, -0.1) is 0 Å². The molecular formula is C27H50N2O3. The molecule has 0 aromatic rings. The van der Waals surface area contributed by atoms with E-state index in [1.807, 2.05) is 26.8 Å². The Morgan fingerprint density at radius 1 is 1.16 bits per heavy atom. The van der Waals surface area contributed by atoms with E-state index in [9.17, 15) is 4.79 Å². The molecule has 0 aromatic heterocycles. The molecule has 0 unspecified atom stereocenters. The quantitative estimate of drug-likeness (QED) is 0.393. The molecule has 2 fully saturated rings. The summed E-state index contributed by atoms with van der Waals surface area (Å²) in [5.74, 6) is 1.09. The van der Waals surface area contributed by atoms with Crippen LogP contribution in [0.4, 0.5) is 0 Å². The van der Waals surface area contributed by atoms with Gasteiger partial charge in [-0.05, 0) is 51.2 Å². The Morgan fingerprint density at radius 3 is 2.28 bits per heavy atom. The lowest BCUT2D eigenvalue weighted by atomic mass is 9.82. The Morgan fingerprint density at radius 2 is 1.78 bits per heavy atom. The molecular weight excluding hydrogens is 400 g/mol. The van der Waals surface area contributed by atoms with Crippen molar-refractivity contribution in [2.45, 2.75) is 104 Å². The number of allylic oxidation sites excluding steroid dienone is 2. The molecule has 5 heteroatoms. The molecule has 0 bridgehead atoms. The van der Waals surface area contributed by atoms with E-state index in [2.05, 4.69) is 38.0 Å². The van der Waals surface area contributed by atoms with Crippen LogP contribution in [0.1, 0.15) is 92.9 Å². The highest BCUT2D eigenvalue weighted by Gasteiger charge is 2.31. The molecule has 0 aromatic carbocycles. The van der Waals surface area contributed by atoms with Gasteiger partial charge in [0.25, 0.3) is 0 Å². The Kier molecular flexibility index (Phi) is 12.8. The highest BCUT2D eigenvalue weighted by atomic mass is 16.5. The molecule has 2 aliphatic rings. The van der Waals surface area contributed by atoms with E-state index in [-0.39, 0.29) is 11.3 Å². The highest BCUT2D eigenvalue weighted by Crippen LogP contribution is 2.30. The average molecular weight is 451 g/mol. The molecule has 1 aliphatic carbocycles. The van der Waals surface area contributed by atoms with Gasteiger partial charge in [0.2, 0.25) is 5.91 Å². The summed E-state index contributed by atoms with van der Waals surface area (Å²) in [6, 6.07) is 0.319. The van der Waals surface area contributed by atoms with Gasteiger partial charge in [0, 0.05) is 37.5 Å². The molecule has 186 valence electrons. The summed E-state index contributed by atoms with van der Waals surface area (Å²) in [5, 5.41) is 6.42. The van der Waals surface area contributed by atoms with E-state index < -0.39 is 5.54 Å². The van der Waals surface area contributed by atoms with E-state index in [0.717, 1.165) is 43.2 Å². The monoisotopic (exact) mass is 450 g/mol. The summed E-state index contributed by atoms with van der Waals surface area (Å²) in [7, 11) is 1.68. The van der Waals surface area contributed by atoms with Crippen molar-refractivity contribution in [3.8, 4) is 0 Å². The van der Waals surface area contributed by atoms with Crippen LogP contribution in [0.3, 0.4) is 0 Å². The molecule has 2 N–H and O–H groups in total. The smallest absolute Gasteiger partial charge is 0.243 e. The second-order valence-electron chi connectivity index (χ2n) is 10.7. The van der Waals surface area contributed by atoms with Crippen LogP contribution in [0.2, 0.25) is 0 Å². The number of amides is 1. The fourth-order valence-corrected chi connectivity index (χ4v) is 3.97. The first-order chi connectivity index (χ1) is 15.0. The van der Waals surface area contributed by atoms with E-state index >= 15 is 0 Å². The van der Waals surface area contributed by atoms with Crippen molar-refractivity contribution in [1.29, 1.82) is 0 Å². The molecule has 0 atom stereocenters. The second-order valence-corrected chi connectivity index (χ2v) is 10.7. The van der Waals surface area contributed by atoms with Crippen LogP contribution >= 0.6 is 0 Å². The summed E-state index contributed by atoms with van der Waals surface area (Å²) >= 11 is 0. The van der Waals surface area contributed by atoms with Gasteiger partial charge in [0.15, 0.2) is 0 Å². The molecule has 1 aliphatic heterocycles. The van der Waals surface area contributed by atoms with Crippen molar-refractivity contribution < 1.29 is 14.3 Å². The molecule has 0 spiro atoms. The standard InChI is InChI=1S/C19H34N2O3.C8H16/c1-14(18(3,4)13-23-7)12-15(2)20-17(22)19(5,6)21-16-8-10-24-11-9-16;1-2-3-5-8-6-4-7-8/h12,16,21H,1,8-11,13H2,2-7H3,(H,20,22);8H,2-7H2,1H3/b15-12+;. The van der Waals surface area contributed by atoms with Gasteiger partial charge in [-0.3, -0.25) is 4.79 Å². The number of ether oxygens (including phenoxy) is 2. The molecule has 1 saturated carbocycles. The maximum Gasteiger partial charge on any atom is 0.243 e. The summed E-state index contributed by atoms with van der Waals surface area (Å²) in [6.45, 7) is 18.3. The van der Waals surface area contributed by atoms with Crippen LogP contribution < -0.4 is 10.6 Å². The van der Waals surface area contributed by atoms with Gasteiger partial charge < -0.3 is 20.1 Å². The fraction of sp³-hybridized carbons (Fsp3) is 0.815. The maximum atomic E-state index is 12.6. The first kappa shape index (κ1) is 28.9. The van der Waals surface area contributed by atoms with Gasteiger partial charge in [-0.1, -0.05) is 65.9 Å². The number of methoxy groups -OCH3 is 1. The molecule has 2 rings (SSSR count). The molecule has 0 radical (unpaired) electrons. The Bertz CT molecular complexity index is 600. The lowest BCUT2D eigenvalue weighted by Crippen LogP contribution is -2.56. The van der Waals surface area contributed by atoms with Crippen molar-refractivity contribution in [3.05, 3.63) is 23.9 Å². The number of nitrogens with one attached hydrogen (secondary N) is 2. The highest BCUT2D eigenvalue weighted by molar-refractivity contribution is 5.86. The molecule has 1 saturated heterocycles. The summed E-state index contributed by atoms with van der Waals surface area (Å²) < 4.78 is 10.6. The number of unbranched alkanes of at least 4 members (excludes halogenated alkanes) is 1. The largest absolute Gasteiger partial charge is 0.384 e. The van der Waals surface area contributed by atoms with Gasteiger partial charge in [-0.25, -0.2) is 0 Å². The topological polar surface area (TPSA) is 59.6 Å². The molecule has 5 nitrogen and oxygen atoms in total. The van der Waals surface area contributed by atoms with Crippen LogP contribution in [0, 0.1) is 11.3 Å². The minimum Gasteiger partial charge on any atom is -0.384 e. The van der Waals surface area contributed by atoms with Gasteiger partial charge in [0.1, 0.15) is 0 Å². The van der Waals surface area contributed by atoms with E-state index in [1.54, 1.807) is 7.11 Å². The van der Waals surface area contributed by atoms with Crippen molar-refractivity contribution in [2.24, 2.45) is 11.3 Å². The van der Waals surface area contributed by atoms with Crippen molar-refractivity contribution in [3.63, 3.8) is 0 Å². The number of carbonyl (C=O) groups is 1. The fourth-order valence-electron chi connectivity index (χ4n) is 3.97. The Balaban J connectivity index is 0.000000533. The predicted molar refractivity (Wildman–Crippen MR) is 135 cm³/mol. The van der Waals surface area contributed by atoms with E-state index in [4.69, 9.17) is 9.47 Å². The summed E-state index contributed by atoms with van der Waals surface area (Å²) in [4.78, 5) is 12.6. The lowest BCUT2D eigenvalue weighted by Gasteiger charge is -2.33. The zero-order chi connectivity index (χ0) is 24.2. The van der Waals surface area contributed by atoms with Gasteiger partial charge >= 0.3 is 0 Å². The summed E-state index contributed by atoms with van der Waals surface area (Å²) in [5.41, 5.74) is 0.908. The third-order valence-electron chi connectivity index (χ3n) is 6.62. The Labute approximate surface area is 197 Å². The first-order valence-electron chi connectivity index (χ1n) is 12.5. The number of hydrogen-bond donors (Lipinski definition) is 2. The van der Waals surface area contributed by atoms with E-state index in [1.165, 1.54) is 38.5 Å². The SMILES string of the molecule is C=C(/C=C(\C)NC(=O)C(C)(C)NC1CCOCC1)C(C)(C)COC.CCCCC1CCC1. The van der Waals surface area contributed by atoms with Gasteiger partial charge in [0.05, 0.1) is 12.1 Å². The number of rotatable bonds is 11. The zero-order valence-corrected chi connectivity index (χ0v) is 21.9. The maximum absolute atomic E-state index is 12.6. The van der Waals surface area contributed by atoms with E-state index in [0.29, 0.717) is 12.6 Å². The minimum atomic E-state index is -0.638. The normalized spacial score (nSPS) is 18.4. The minimum absolute atomic E-state index is 0.0416. The van der Waals surface area contributed by atoms with Crippen LogP contribution in [0.15, 0.2) is 23.9 Å². The van der Waals surface area contributed by atoms with Crippen LogP contribution in [-0.2, 0) is 14.3 Å². The van der Waals surface area contributed by atoms with Crippen LogP contribution in [0.25, 0.3) is 0 Å². The second kappa shape index (κ2) is 14.2. The van der Waals surface area contributed by atoms with Crippen LogP contribution in [0.5, 0.6) is 0 Å². The van der Waals surface area contributed by atoms with Crippen LogP contribution in [-0.4, -0.2) is 44.4 Å². The predicted octanol–water partition coefficient (Wildman–Crippen LogP) is 5.76. The van der Waals surface area contributed by atoms with Gasteiger partial charge in [-0.2, -0.15) is 0 Å². The Hall–Kier alpha value is -1.17. The third kappa shape index (κ3) is 10.6. The van der Waals surface area contributed by atoms with Crippen molar-refractivity contribution in [1.82, 2.24) is 10.6 Å². The molecule has 1 amide bonds. The lowest BCUT2D eigenvalue weighted by molar-refractivity contribution is -0.126. The third-order valence-corrected chi connectivity index (χ3v) is 6.62. The van der Waals surface area contributed by atoms with Crippen molar-refractivity contribution in [2.75, 3.05) is 26.9 Å². The zero-order valence-electron chi connectivity index (χ0n) is 21.9. The molecule has 1 heterocycles. The van der Waals surface area contributed by atoms with Crippen molar-refractivity contribution >= 4 is 5.91 Å². The first-order valence-corrected chi connectivity index (χ1v) is 12.5. The average Bonchev–Trinajstić information content (AvgIpc) is 2.67. The number of carbonyl (C=O) groups excluding carboxylic acids is 1. The molecule has 32 heavy (non-hydrogen) atoms. The number of hydrogen-bond acceptors (Lipinski definition) is 4. The summed E-state index contributed by atoms with van der Waals surface area (Å²) in [6.07, 6.45) is 12.7.